The van der Waals surface area contributed by atoms with Crippen LogP contribution in [-0.2, 0) is 0 Å². The minimum absolute atomic E-state index is 0.0234. The zero-order valence-corrected chi connectivity index (χ0v) is 18.4. The Morgan fingerprint density at radius 2 is 1.81 bits per heavy atom. The van der Waals surface area contributed by atoms with Crippen LogP contribution in [0.4, 0.5) is 0 Å². The molecule has 2 aliphatic heterocycles. The number of para-hydroxylation sites is 1. The van der Waals surface area contributed by atoms with E-state index in [0.717, 1.165) is 40.3 Å². The van der Waals surface area contributed by atoms with Crippen LogP contribution in [0.15, 0.2) is 71.8 Å². The second-order valence-electron chi connectivity index (χ2n) is 7.70. The van der Waals surface area contributed by atoms with Gasteiger partial charge in [0.25, 0.3) is 0 Å². The highest BCUT2D eigenvalue weighted by molar-refractivity contribution is 6.01. The lowest BCUT2D eigenvalue weighted by Gasteiger charge is -2.38. The summed E-state index contributed by atoms with van der Waals surface area (Å²) in [6.07, 6.45) is 0.329. The molecule has 0 amide bonds. The summed E-state index contributed by atoms with van der Waals surface area (Å²) in [4.78, 5) is 0. The Hall–Kier alpha value is -3.67. The summed E-state index contributed by atoms with van der Waals surface area (Å²) >= 11 is 0. The van der Waals surface area contributed by atoms with Gasteiger partial charge in [-0.1, -0.05) is 36.4 Å². The molecule has 0 N–H and O–H groups in total. The van der Waals surface area contributed by atoms with Crippen LogP contribution in [0, 0.1) is 0 Å². The number of hydrogen-bond acceptors (Lipinski definition) is 6. The predicted molar refractivity (Wildman–Crippen MR) is 123 cm³/mol. The molecule has 6 heteroatoms. The van der Waals surface area contributed by atoms with Crippen molar-refractivity contribution in [2.24, 2.45) is 5.10 Å². The lowest BCUT2D eigenvalue weighted by Crippen LogP contribution is -2.34. The van der Waals surface area contributed by atoms with Crippen LogP contribution in [0.3, 0.4) is 0 Å². The number of hydrogen-bond donors (Lipinski definition) is 0. The molecule has 0 aliphatic carbocycles. The molecule has 0 radical (unpaired) electrons. The summed E-state index contributed by atoms with van der Waals surface area (Å²) in [6, 6.07) is 22.1. The zero-order chi connectivity index (χ0) is 22.1. The van der Waals surface area contributed by atoms with E-state index in [9.17, 15) is 0 Å². The number of nitrogens with zero attached hydrogens (tertiary/aromatic N) is 2. The van der Waals surface area contributed by atoms with Gasteiger partial charge in [-0.15, -0.1) is 0 Å². The van der Waals surface area contributed by atoms with Gasteiger partial charge < -0.3 is 18.9 Å². The van der Waals surface area contributed by atoms with Gasteiger partial charge in [-0.3, -0.25) is 0 Å². The van der Waals surface area contributed by atoms with E-state index in [1.54, 1.807) is 14.2 Å². The molecule has 0 aromatic heterocycles. The third-order valence-corrected chi connectivity index (χ3v) is 5.88. The van der Waals surface area contributed by atoms with Crippen LogP contribution < -0.4 is 18.9 Å². The van der Waals surface area contributed by atoms with Crippen molar-refractivity contribution < 1.29 is 18.9 Å². The number of methoxy groups -OCH3 is 2. The fourth-order valence-corrected chi connectivity index (χ4v) is 4.44. The van der Waals surface area contributed by atoms with E-state index < -0.39 is 6.23 Å². The molecule has 0 saturated heterocycles. The Morgan fingerprint density at radius 3 is 2.56 bits per heavy atom. The Morgan fingerprint density at radius 1 is 0.969 bits per heavy atom. The molecule has 0 unspecified atom stereocenters. The van der Waals surface area contributed by atoms with Crippen molar-refractivity contribution in [3.8, 4) is 23.0 Å². The minimum atomic E-state index is -0.447. The molecule has 3 aromatic carbocycles. The van der Waals surface area contributed by atoms with Crippen molar-refractivity contribution in [1.82, 2.24) is 5.01 Å². The first-order valence-electron chi connectivity index (χ1n) is 10.8. The van der Waals surface area contributed by atoms with Crippen molar-refractivity contribution in [3.05, 3.63) is 83.4 Å². The van der Waals surface area contributed by atoms with E-state index in [1.807, 2.05) is 60.5 Å². The Kier molecular flexibility index (Phi) is 5.35. The van der Waals surface area contributed by atoms with E-state index in [2.05, 4.69) is 18.2 Å². The van der Waals surface area contributed by atoms with Gasteiger partial charge in [-0.25, -0.2) is 5.01 Å². The van der Waals surface area contributed by atoms with Gasteiger partial charge >= 0.3 is 0 Å². The van der Waals surface area contributed by atoms with Crippen molar-refractivity contribution in [2.75, 3.05) is 20.8 Å². The summed E-state index contributed by atoms with van der Waals surface area (Å²) in [5, 5.41) is 7.07. The lowest BCUT2D eigenvalue weighted by atomic mass is 9.95. The van der Waals surface area contributed by atoms with Crippen LogP contribution in [-0.4, -0.2) is 31.5 Å². The summed E-state index contributed by atoms with van der Waals surface area (Å²) < 4.78 is 23.5. The van der Waals surface area contributed by atoms with Gasteiger partial charge in [-0.05, 0) is 42.8 Å². The van der Waals surface area contributed by atoms with Crippen LogP contribution in [0.5, 0.6) is 23.0 Å². The first kappa shape index (κ1) is 20.2. The van der Waals surface area contributed by atoms with Crippen LogP contribution in [0.1, 0.15) is 42.3 Å². The standard InChI is InChI=1S/C26H26N2O4/c1-4-31-18-13-14-23-20(15-18)22-16-21(17-9-6-5-7-10-17)27-28(22)26(32-23)19-11-8-12-24(29-2)25(19)30-3/h5-15,22,26H,4,16H2,1-3H3/t22-,26-/m0/s1. The van der Waals surface area contributed by atoms with Crippen LogP contribution >= 0.6 is 0 Å². The summed E-state index contributed by atoms with van der Waals surface area (Å²) in [6.45, 7) is 2.60. The summed E-state index contributed by atoms with van der Waals surface area (Å²) in [5.74, 6) is 2.97. The van der Waals surface area contributed by atoms with Crippen molar-refractivity contribution in [3.63, 3.8) is 0 Å². The summed E-state index contributed by atoms with van der Waals surface area (Å²) in [5.41, 5.74) is 4.08. The molecule has 164 valence electrons. The van der Waals surface area contributed by atoms with Gasteiger partial charge in [0, 0.05) is 12.0 Å². The van der Waals surface area contributed by atoms with Crippen LogP contribution in [0.25, 0.3) is 0 Å². The smallest absolute Gasteiger partial charge is 0.217 e. The molecule has 2 aliphatic rings. The molecule has 0 spiro atoms. The molecule has 2 atom stereocenters. The second-order valence-corrected chi connectivity index (χ2v) is 7.70. The van der Waals surface area contributed by atoms with E-state index in [1.165, 1.54) is 0 Å². The molecule has 3 aromatic rings. The Balaban J connectivity index is 1.63. The van der Waals surface area contributed by atoms with Crippen LogP contribution in [0.2, 0.25) is 0 Å². The number of rotatable bonds is 6. The van der Waals surface area contributed by atoms with E-state index in [4.69, 9.17) is 24.0 Å². The maximum Gasteiger partial charge on any atom is 0.217 e. The highest BCUT2D eigenvalue weighted by atomic mass is 16.5. The molecule has 32 heavy (non-hydrogen) atoms. The lowest BCUT2D eigenvalue weighted by molar-refractivity contribution is -0.0206. The third kappa shape index (κ3) is 3.42. The maximum absolute atomic E-state index is 6.52. The number of hydrazone groups is 1. The molecular weight excluding hydrogens is 404 g/mol. The molecule has 0 bridgehead atoms. The van der Waals surface area contributed by atoms with Gasteiger partial charge in [0.05, 0.1) is 38.1 Å². The number of benzene rings is 3. The molecule has 2 heterocycles. The highest BCUT2D eigenvalue weighted by Gasteiger charge is 2.42. The van der Waals surface area contributed by atoms with Crippen molar-refractivity contribution >= 4 is 5.71 Å². The van der Waals surface area contributed by atoms with E-state index in [0.29, 0.717) is 18.1 Å². The fourth-order valence-electron chi connectivity index (χ4n) is 4.44. The average molecular weight is 431 g/mol. The maximum atomic E-state index is 6.52. The van der Waals surface area contributed by atoms with Gasteiger partial charge in [0.2, 0.25) is 6.23 Å². The van der Waals surface area contributed by atoms with Gasteiger partial charge in [-0.2, -0.15) is 5.10 Å². The topological polar surface area (TPSA) is 52.5 Å². The predicted octanol–water partition coefficient (Wildman–Crippen LogP) is 5.34. The third-order valence-electron chi connectivity index (χ3n) is 5.88. The molecule has 6 nitrogen and oxygen atoms in total. The normalized spacial score (nSPS) is 18.8. The number of fused-ring (bicyclic) bond motifs is 3. The average Bonchev–Trinajstić information content (AvgIpc) is 3.30. The zero-order valence-electron chi connectivity index (χ0n) is 18.4. The van der Waals surface area contributed by atoms with Crippen molar-refractivity contribution in [1.29, 1.82) is 0 Å². The molecule has 0 fully saturated rings. The molecule has 0 saturated carbocycles. The molecule has 5 rings (SSSR count). The Bertz CT molecular complexity index is 1150. The fraction of sp³-hybridized carbons (Fsp3) is 0.269. The van der Waals surface area contributed by atoms with E-state index >= 15 is 0 Å². The highest BCUT2D eigenvalue weighted by Crippen LogP contribution is 2.50. The van der Waals surface area contributed by atoms with Crippen molar-refractivity contribution in [2.45, 2.75) is 25.6 Å². The Labute approximate surface area is 188 Å². The monoisotopic (exact) mass is 430 g/mol. The quantitative estimate of drug-likeness (QED) is 0.528. The first-order chi connectivity index (χ1) is 15.7. The first-order valence-corrected chi connectivity index (χ1v) is 10.8. The van der Waals surface area contributed by atoms with Gasteiger partial charge in [0.15, 0.2) is 11.5 Å². The summed E-state index contributed by atoms with van der Waals surface area (Å²) in [7, 11) is 3.28. The largest absolute Gasteiger partial charge is 0.494 e. The molecular formula is C26H26N2O4. The minimum Gasteiger partial charge on any atom is -0.494 e. The van der Waals surface area contributed by atoms with Gasteiger partial charge in [0.1, 0.15) is 11.5 Å². The van der Waals surface area contributed by atoms with E-state index in [-0.39, 0.29) is 6.04 Å². The second kappa shape index (κ2) is 8.46. The number of ether oxygens (including phenoxy) is 4. The SMILES string of the molecule is CCOc1ccc2c(c1)[C@@H]1CC(c3ccccc3)=NN1[C@H](c1cccc(OC)c1OC)O2.